The molecule has 0 aliphatic heterocycles. The van der Waals surface area contributed by atoms with Crippen molar-refractivity contribution in [2.75, 3.05) is 10.1 Å². The molecule has 7 nitrogen and oxygen atoms in total. The summed E-state index contributed by atoms with van der Waals surface area (Å²) in [6.07, 6.45) is 2.95. The van der Waals surface area contributed by atoms with Crippen molar-refractivity contribution in [2.45, 2.75) is 11.8 Å². The molecule has 4 N–H and O–H groups in total. The maximum Gasteiger partial charge on any atom is 0.266 e. The maximum absolute atomic E-state index is 12.4. The number of rotatable bonds is 4. The third-order valence-electron chi connectivity index (χ3n) is 2.49. The largest absolute Gasteiger partial charge is 0.307 e. The molecule has 0 spiro atoms. The lowest BCUT2D eigenvalue weighted by Crippen LogP contribution is -2.19. The van der Waals surface area contributed by atoms with Gasteiger partial charge in [-0.2, -0.15) is 0 Å². The fourth-order valence-corrected chi connectivity index (χ4v) is 3.22. The number of nitrogen functional groups attached to an aromatic ring is 1. The maximum atomic E-state index is 12.4. The van der Waals surface area contributed by atoms with Gasteiger partial charge in [0.05, 0.1) is 0 Å². The van der Waals surface area contributed by atoms with Gasteiger partial charge in [0.15, 0.2) is 5.82 Å². The van der Waals surface area contributed by atoms with Crippen molar-refractivity contribution in [1.82, 2.24) is 9.97 Å². The van der Waals surface area contributed by atoms with Gasteiger partial charge in [-0.1, -0.05) is 6.07 Å². The summed E-state index contributed by atoms with van der Waals surface area (Å²) in [7, 11) is -3.85. The molecule has 0 radical (unpaired) electrons. The monoisotopic (exact) mass is 357 g/mol. The van der Waals surface area contributed by atoms with E-state index >= 15 is 0 Å². The van der Waals surface area contributed by atoms with Gasteiger partial charge in [-0.15, -0.1) is 0 Å². The molecule has 0 saturated heterocycles. The third kappa shape index (κ3) is 3.06. The number of halogens is 1. The van der Waals surface area contributed by atoms with Gasteiger partial charge in [0, 0.05) is 16.9 Å². The Labute approximate surface area is 124 Å². The molecule has 9 heteroatoms. The number of aromatic nitrogens is 2. The Bertz CT molecular complexity index is 735. The molecule has 0 amide bonds. The number of sulfonamides is 1. The first-order chi connectivity index (χ1) is 9.44. The van der Waals surface area contributed by atoms with Crippen molar-refractivity contribution in [2.24, 2.45) is 5.84 Å². The van der Waals surface area contributed by atoms with Crippen LogP contribution >= 0.6 is 15.9 Å². The van der Waals surface area contributed by atoms with E-state index in [4.69, 9.17) is 5.84 Å². The van der Waals surface area contributed by atoms with Crippen LogP contribution in [-0.2, 0) is 10.0 Å². The number of hydrogen-bond donors (Lipinski definition) is 3. The van der Waals surface area contributed by atoms with Gasteiger partial charge in [-0.25, -0.2) is 24.2 Å². The van der Waals surface area contributed by atoms with Crippen LogP contribution in [0.1, 0.15) is 5.56 Å². The number of pyridine rings is 2. The van der Waals surface area contributed by atoms with Crippen LogP contribution in [0.3, 0.4) is 0 Å². The average molecular weight is 358 g/mol. The van der Waals surface area contributed by atoms with E-state index in [0.717, 1.165) is 0 Å². The number of nitrogens with one attached hydrogen (secondary N) is 2. The standard InChI is InChI=1S/C11H12BrN5O2S/c1-7-3-2-4-14-10(7)17-20(18,19)9-5-8(12)6-15-11(9)16-13/h2-6H,13H2,1H3,(H,14,17)(H,15,16). The van der Waals surface area contributed by atoms with E-state index < -0.39 is 10.0 Å². The Morgan fingerprint density at radius 3 is 2.70 bits per heavy atom. The molecule has 0 saturated carbocycles. The molecular weight excluding hydrogens is 346 g/mol. The zero-order chi connectivity index (χ0) is 14.8. The highest BCUT2D eigenvalue weighted by Crippen LogP contribution is 2.24. The van der Waals surface area contributed by atoms with Gasteiger partial charge < -0.3 is 5.43 Å². The SMILES string of the molecule is Cc1cccnc1NS(=O)(=O)c1cc(Br)cnc1NN. The van der Waals surface area contributed by atoms with E-state index in [9.17, 15) is 8.42 Å². The summed E-state index contributed by atoms with van der Waals surface area (Å²) in [5, 5.41) is 0. The average Bonchev–Trinajstić information content (AvgIpc) is 2.41. The summed E-state index contributed by atoms with van der Waals surface area (Å²) in [5.74, 6) is 5.59. The molecule has 106 valence electrons. The van der Waals surface area contributed by atoms with E-state index in [2.05, 4.69) is 36.0 Å². The minimum atomic E-state index is -3.85. The normalized spacial score (nSPS) is 11.2. The van der Waals surface area contributed by atoms with E-state index in [1.165, 1.54) is 18.5 Å². The van der Waals surface area contributed by atoms with Crippen molar-refractivity contribution < 1.29 is 8.42 Å². The highest BCUT2D eigenvalue weighted by atomic mass is 79.9. The van der Waals surface area contributed by atoms with Gasteiger partial charge >= 0.3 is 0 Å². The van der Waals surface area contributed by atoms with Crippen LogP contribution in [0, 0.1) is 6.92 Å². The fourth-order valence-electron chi connectivity index (χ4n) is 1.51. The predicted molar refractivity (Wildman–Crippen MR) is 79.5 cm³/mol. The van der Waals surface area contributed by atoms with Crippen molar-refractivity contribution in [3.63, 3.8) is 0 Å². The Hall–Kier alpha value is -1.71. The molecule has 2 heterocycles. The Morgan fingerprint density at radius 1 is 1.30 bits per heavy atom. The second kappa shape index (κ2) is 5.73. The molecule has 2 aromatic heterocycles. The second-order valence-corrected chi connectivity index (χ2v) is 6.49. The Kier molecular flexibility index (Phi) is 4.21. The first-order valence-electron chi connectivity index (χ1n) is 5.50. The first kappa shape index (κ1) is 14.7. The number of nitrogens with zero attached hydrogens (tertiary/aromatic N) is 2. The zero-order valence-corrected chi connectivity index (χ0v) is 12.9. The van der Waals surface area contributed by atoms with Gasteiger partial charge in [0.25, 0.3) is 10.0 Å². The van der Waals surface area contributed by atoms with Crippen LogP contribution in [0.2, 0.25) is 0 Å². The number of anilines is 2. The molecule has 0 atom stereocenters. The Morgan fingerprint density at radius 2 is 2.05 bits per heavy atom. The highest BCUT2D eigenvalue weighted by Gasteiger charge is 2.21. The molecule has 0 aromatic carbocycles. The van der Waals surface area contributed by atoms with Gasteiger partial charge in [-0.3, -0.25) is 4.72 Å². The van der Waals surface area contributed by atoms with Crippen molar-refractivity contribution in [1.29, 1.82) is 0 Å². The van der Waals surface area contributed by atoms with Crippen LogP contribution in [0.5, 0.6) is 0 Å². The zero-order valence-electron chi connectivity index (χ0n) is 10.5. The van der Waals surface area contributed by atoms with Gasteiger partial charge in [0.1, 0.15) is 10.7 Å². The van der Waals surface area contributed by atoms with Crippen molar-refractivity contribution in [3.05, 3.63) is 40.6 Å². The van der Waals surface area contributed by atoms with E-state index in [1.54, 1.807) is 19.1 Å². The molecule has 0 fully saturated rings. The summed E-state index contributed by atoms with van der Waals surface area (Å²) >= 11 is 3.18. The lowest BCUT2D eigenvalue weighted by atomic mass is 10.3. The first-order valence-corrected chi connectivity index (χ1v) is 7.78. The third-order valence-corrected chi connectivity index (χ3v) is 4.27. The van der Waals surface area contributed by atoms with Crippen LogP contribution < -0.4 is 16.0 Å². The number of hydrazine groups is 1. The molecule has 0 aliphatic rings. The molecule has 0 bridgehead atoms. The lowest BCUT2D eigenvalue weighted by Gasteiger charge is -2.12. The van der Waals surface area contributed by atoms with Crippen LogP contribution in [-0.4, -0.2) is 18.4 Å². The summed E-state index contributed by atoms with van der Waals surface area (Å²) in [5.41, 5.74) is 2.97. The van der Waals surface area contributed by atoms with Crippen LogP contribution in [0.15, 0.2) is 40.0 Å². The summed E-state index contributed by atoms with van der Waals surface area (Å²) in [6.45, 7) is 1.76. The summed E-state index contributed by atoms with van der Waals surface area (Å²) < 4.78 is 27.7. The minimum absolute atomic E-state index is 0.0503. The number of aryl methyl sites for hydroxylation is 1. The summed E-state index contributed by atoms with van der Waals surface area (Å²) in [4.78, 5) is 7.83. The fraction of sp³-hybridized carbons (Fsp3) is 0.0909. The highest BCUT2D eigenvalue weighted by molar-refractivity contribution is 9.10. The van der Waals surface area contributed by atoms with E-state index in [1.807, 2.05) is 0 Å². The summed E-state index contributed by atoms with van der Waals surface area (Å²) in [6, 6.07) is 4.88. The van der Waals surface area contributed by atoms with Crippen molar-refractivity contribution in [3.8, 4) is 0 Å². The van der Waals surface area contributed by atoms with E-state index in [0.29, 0.717) is 10.0 Å². The molecule has 2 aromatic rings. The van der Waals surface area contributed by atoms with Gasteiger partial charge in [-0.05, 0) is 40.5 Å². The van der Waals surface area contributed by atoms with Crippen molar-refractivity contribution >= 4 is 37.6 Å². The molecule has 0 unspecified atom stereocenters. The lowest BCUT2D eigenvalue weighted by molar-refractivity contribution is 0.601. The smallest absolute Gasteiger partial charge is 0.266 e. The molecule has 20 heavy (non-hydrogen) atoms. The van der Waals surface area contributed by atoms with E-state index in [-0.39, 0.29) is 16.5 Å². The van der Waals surface area contributed by atoms with Gasteiger partial charge in [0.2, 0.25) is 0 Å². The molecule has 2 rings (SSSR count). The molecule has 0 aliphatic carbocycles. The van der Waals surface area contributed by atoms with Crippen LogP contribution in [0.25, 0.3) is 0 Å². The Balaban J connectivity index is 2.46. The quantitative estimate of drug-likeness (QED) is 0.566. The van der Waals surface area contributed by atoms with Crippen LogP contribution in [0.4, 0.5) is 11.6 Å². The topological polar surface area (TPSA) is 110 Å². The predicted octanol–water partition coefficient (Wildman–Crippen LogP) is 1.63. The number of hydrogen-bond acceptors (Lipinski definition) is 6. The molecular formula is C11H12BrN5O2S. The number of nitrogens with two attached hydrogens (primary N) is 1. The second-order valence-electron chi connectivity index (χ2n) is 3.92. The minimum Gasteiger partial charge on any atom is -0.307 e.